The maximum absolute atomic E-state index is 4.11. The van der Waals surface area contributed by atoms with E-state index in [2.05, 4.69) is 15.0 Å². The maximum Gasteiger partial charge on any atom is 0.116 e. The van der Waals surface area contributed by atoms with Crippen molar-refractivity contribution >= 4 is 0 Å². The van der Waals surface area contributed by atoms with E-state index in [9.17, 15) is 0 Å². The minimum Gasteiger partial charge on any atom is -0.265 e. The first kappa shape index (κ1) is 9.32. The largest absolute Gasteiger partial charge is 0.265 e. The van der Waals surface area contributed by atoms with Crippen LogP contribution in [0, 0.1) is 0 Å². The molecule has 0 bridgehead atoms. The number of pyridine rings is 1. The van der Waals surface area contributed by atoms with Gasteiger partial charge in [-0.1, -0.05) is 7.43 Å². The molecule has 0 amide bonds. The topological polar surface area (TPSA) is 38.7 Å². The van der Waals surface area contributed by atoms with Crippen LogP contribution in [0.2, 0.25) is 0 Å². The van der Waals surface area contributed by atoms with E-state index >= 15 is 0 Å². The molecule has 3 heteroatoms. The van der Waals surface area contributed by atoms with Gasteiger partial charge in [0.25, 0.3) is 0 Å². The van der Waals surface area contributed by atoms with Crippen molar-refractivity contribution in [2.24, 2.45) is 0 Å². The Morgan fingerprint density at radius 2 is 1.54 bits per heavy atom. The Kier molecular flexibility index (Phi) is 3.09. The molecule has 0 fully saturated rings. The molecule has 0 spiro atoms. The highest BCUT2D eigenvalue weighted by atomic mass is 14.8. The second-order valence-corrected chi connectivity index (χ2v) is 2.33. The maximum atomic E-state index is 4.11. The molecule has 0 aromatic carbocycles. The summed E-state index contributed by atoms with van der Waals surface area (Å²) in [5.74, 6) is 0. The van der Waals surface area contributed by atoms with Crippen LogP contribution >= 0.6 is 0 Å². The average Bonchev–Trinajstić information content (AvgIpc) is 2.21. The van der Waals surface area contributed by atoms with Gasteiger partial charge in [0, 0.05) is 24.2 Å². The Balaban J connectivity index is 0.000000845. The number of rotatable bonds is 1. The van der Waals surface area contributed by atoms with Gasteiger partial charge in [0.2, 0.25) is 0 Å². The summed E-state index contributed by atoms with van der Waals surface area (Å²) in [7, 11) is 0. The van der Waals surface area contributed by atoms with Gasteiger partial charge < -0.3 is 0 Å². The smallest absolute Gasteiger partial charge is 0.116 e. The van der Waals surface area contributed by atoms with Gasteiger partial charge in [-0.05, 0) is 18.2 Å². The zero-order valence-electron chi connectivity index (χ0n) is 6.38. The van der Waals surface area contributed by atoms with Crippen LogP contribution in [0.3, 0.4) is 0 Å². The van der Waals surface area contributed by atoms with Crippen LogP contribution in [0.4, 0.5) is 0 Å². The lowest BCUT2D eigenvalue weighted by Crippen LogP contribution is -1.83. The first-order chi connectivity index (χ1) is 5.97. The molecule has 0 N–H and O–H groups in total. The molecule has 13 heavy (non-hydrogen) atoms. The number of nitrogens with zero attached hydrogens (tertiary/aromatic N) is 3. The Hall–Kier alpha value is -1.77. The van der Waals surface area contributed by atoms with Gasteiger partial charge in [-0.2, -0.15) is 0 Å². The molecule has 0 aliphatic rings. The lowest BCUT2D eigenvalue weighted by molar-refractivity contribution is 1.17. The van der Waals surface area contributed by atoms with Crippen LogP contribution in [0.25, 0.3) is 11.3 Å². The summed E-state index contributed by atoms with van der Waals surface area (Å²) >= 11 is 0. The Morgan fingerprint density at radius 3 is 2.15 bits per heavy atom. The Labute approximate surface area is 77.5 Å². The van der Waals surface area contributed by atoms with Crippen LogP contribution in [-0.2, 0) is 0 Å². The fourth-order valence-electron chi connectivity index (χ4n) is 0.984. The van der Waals surface area contributed by atoms with Gasteiger partial charge >= 0.3 is 0 Å². The Morgan fingerprint density at radius 1 is 0.846 bits per heavy atom. The molecule has 0 radical (unpaired) electrons. The standard InChI is InChI=1S/C9H7N3.CH4/c1-4-10-5-2-8(1)9-3-6-11-7-12-9;/h1-7H;1H4. The molecule has 2 aromatic heterocycles. The van der Waals surface area contributed by atoms with Crippen LogP contribution in [0.5, 0.6) is 0 Å². The molecule has 2 heterocycles. The van der Waals surface area contributed by atoms with Gasteiger partial charge in [-0.15, -0.1) is 0 Å². The molecule has 3 nitrogen and oxygen atoms in total. The van der Waals surface area contributed by atoms with Crippen molar-refractivity contribution in [1.29, 1.82) is 0 Å². The van der Waals surface area contributed by atoms with Gasteiger partial charge in [0.05, 0.1) is 5.69 Å². The molecular formula is C10H11N3. The summed E-state index contributed by atoms with van der Waals surface area (Å²) in [6.45, 7) is 0. The molecule has 0 saturated heterocycles. The highest BCUT2D eigenvalue weighted by Crippen LogP contribution is 2.12. The van der Waals surface area contributed by atoms with Crippen molar-refractivity contribution < 1.29 is 0 Å². The van der Waals surface area contributed by atoms with E-state index in [-0.39, 0.29) is 7.43 Å². The lowest BCUT2D eigenvalue weighted by atomic mass is 10.2. The summed E-state index contributed by atoms with van der Waals surface area (Å²) in [6, 6.07) is 5.71. The molecule has 0 atom stereocenters. The minimum atomic E-state index is 0. The van der Waals surface area contributed by atoms with Crippen LogP contribution in [-0.4, -0.2) is 15.0 Å². The normalized spacial score (nSPS) is 8.92. The highest BCUT2D eigenvalue weighted by Gasteiger charge is 1.94. The van der Waals surface area contributed by atoms with Crippen molar-refractivity contribution in [1.82, 2.24) is 15.0 Å². The third-order valence-corrected chi connectivity index (χ3v) is 1.56. The average molecular weight is 173 g/mol. The van der Waals surface area contributed by atoms with Crippen LogP contribution in [0.1, 0.15) is 7.43 Å². The third-order valence-electron chi connectivity index (χ3n) is 1.56. The lowest BCUT2D eigenvalue weighted by Gasteiger charge is -1.96. The van der Waals surface area contributed by atoms with Crippen LogP contribution in [0.15, 0.2) is 43.1 Å². The quantitative estimate of drug-likeness (QED) is 0.663. The number of hydrogen-bond acceptors (Lipinski definition) is 3. The van der Waals surface area contributed by atoms with E-state index in [1.165, 1.54) is 6.33 Å². The van der Waals surface area contributed by atoms with Crippen molar-refractivity contribution in [2.75, 3.05) is 0 Å². The van der Waals surface area contributed by atoms with Gasteiger partial charge in [0.1, 0.15) is 6.33 Å². The van der Waals surface area contributed by atoms with Gasteiger partial charge in [0.15, 0.2) is 0 Å². The third kappa shape index (κ3) is 2.08. The predicted molar refractivity (Wildman–Crippen MR) is 52.0 cm³/mol. The zero-order chi connectivity index (χ0) is 8.23. The van der Waals surface area contributed by atoms with E-state index in [1.807, 2.05) is 18.2 Å². The second-order valence-electron chi connectivity index (χ2n) is 2.33. The molecule has 0 unspecified atom stereocenters. The first-order valence-electron chi connectivity index (χ1n) is 3.63. The van der Waals surface area contributed by atoms with Crippen molar-refractivity contribution in [3.05, 3.63) is 43.1 Å². The summed E-state index contributed by atoms with van der Waals surface area (Å²) in [5, 5.41) is 0. The fraction of sp³-hybridized carbons (Fsp3) is 0.100. The molecule has 66 valence electrons. The summed E-state index contributed by atoms with van der Waals surface area (Å²) in [4.78, 5) is 11.9. The van der Waals surface area contributed by atoms with Crippen molar-refractivity contribution in [3.8, 4) is 11.3 Å². The van der Waals surface area contributed by atoms with E-state index in [0.717, 1.165) is 11.3 Å². The highest BCUT2D eigenvalue weighted by molar-refractivity contribution is 5.56. The number of aromatic nitrogens is 3. The molecule has 0 aliphatic heterocycles. The second kappa shape index (κ2) is 4.30. The Bertz CT molecular complexity index is 308. The van der Waals surface area contributed by atoms with Gasteiger partial charge in [-0.25, -0.2) is 9.97 Å². The van der Waals surface area contributed by atoms with Gasteiger partial charge in [-0.3, -0.25) is 4.98 Å². The van der Waals surface area contributed by atoms with E-state index < -0.39 is 0 Å². The molecule has 2 aromatic rings. The molecule has 0 aliphatic carbocycles. The van der Waals surface area contributed by atoms with Crippen molar-refractivity contribution in [3.63, 3.8) is 0 Å². The molecular weight excluding hydrogens is 162 g/mol. The molecule has 2 rings (SSSR count). The summed E-state index contributed by atoms with van der Waals surface area (Å²) in [5.41, 5.74) is 1.99. The summed E-state index contributed by atoms with van der Waals surface area (Å²) < 4.78 is 0. The predicted octanol–water partition coefficient (Wildman–Crippen LogP) is 2.17. The monoisotopic (exact) mass is 173 g/mol. The summed E-state index contributed by atoms with van der Waals surface area (Å²) in [6.07, 6.45) is 6.76. The zero-order valence-corrected chi connectivity index (χ0v) is 6.38. The first-order valence-corrected chi connectivity index (χ1v) is 3.63. The fourth-order valence-corrected chi connectivity index (χ4v) is 0.984. The van der Waals surface area contributed by atoms with E-state index in [0.29, 0.717) is 0 Å². The minimum absolute atomic E-state index is 0. The SMILES string of the molecule is C.c1cc(-c2ccncn2)ccn1. The van der Waals surface area contributed by atoms with Crippen molar-refractivity contribution in [2.45, 2.75) is 7.43 Å². The van der Waals surface area contributed by atoms with Crippen LogP contribution < -0.4 is 0 Å². The molecule has 0 saturated carbocycles. The number of hydrogen-bond donors (Lipinski definition) is 0. The van der Waals surface area contributed by atoms with E-state index in [1.54, 1.807) is 18.6 Å². The van der Waals surface area contributed by atoms with E-state index in [4.69, 9.17) is 0 Å².